The molecule has 0 spiro atoms. The average molecular weight is 236 g/mol. The molecule has 0 fully saturated rings. The average Bonchev–Trinajstić information content (AvgIpc) is 2.29. The Morgan fingerprint density at radius 1 is 1.13 bits per heavy atom. The first-order chi connectivity index (χ1) is 7.33. The highest BCUT2D eigenvalue weighted by Crippen LogP contribution is 2.34. The summed E-state index contributed by atoms with van der Waals surface area (Å²) in [4.78, 5) is 5.27. The SMILES string of the molecule is CSc1ccnc(Cl)c1-c1ccccc1. The van der Waals surface area contributed by atoms with Gasteiger partial charge >= 0.3 is 0 Å². The minimum atomic E-state index is 0.563. The van der Waals surface area contributed by atoms with Gasteiger partial charge in [0.05, 0.1) is 0 Å². The summed E-state index contributed by atoms with van der Waals surface area (Å²) in [5, 5.41) is 0.563. The summed E-state index contributed by atoms with van der Waals surface area (Å²) in [5.74, 6) is 0. The van der Waals surface area contributed by atoms with Gasteiger partial charge in [-0.2, -0.15) is 0 Å². The fourth-order valence-electron chi connectivity index (χ4n) is 1.46. The number of hydrogen-bond acceptors (Lipinski definition) is 2. The highest BCUT2D eigenvalue weighted by Gasteiger charge is 2.08. The van der Waals surface area contributed by atoms with Crippen LogP contribution in [0.4, 0.5) is 0 Å². The third-order valence-electron chi connectivity index (χ3n) is 2.15. The Bertz CT molecular complexity index is 456. The topological polar surface area (TPSA) is 12.9 Å². The van der Waals surface area contributed by atoms with Gasteiger partial charge in [-0.05, 0) is 17.9 Å². The molecule has 1 aromatic carbocycles. The molecule has 3 heteroatoms. The lowest BCUT2D eigenvalue weighted by Crippen LogP contribution is -1.86. The molecule has 0 amide bonds. The quantitative estimate of drug-likeness (QED) is 0.574. The Hall–Kier alpha value is -0.990. The van der Waals surface area contributed by atoms with E-state index in [1.165, 1.54) is 0 Å². The van der Waals surface area contributed by atoms with E-state index in [1.54, 1.807) is 18.0 Å². The van der Waals surface area contributed by atoms with Crippen LogP contribution in [-0.2, 0) is 0 Å². The zero-order valence-corrected chi connectivity index (χ0v) is 9.85. The molecule has 0 N–H and O–H groups in total. The van der Waals surface area contributed by atoms with E-state index in [2.05, 4.69) is 4.98 Å². The van der Waals surface area contributed by atoms with Gasteiger partial charge in [0.15, 0.2) is 0 Å². The summed E-state index contributed by atoms with van der Waals surface area (Å²) < 4.78 is 0. The number of aromatic nitrogens is 1. The molecule has 0 aliphatic rings. The van der Waals surface area contributed by atoms with Crippen molar-refractivity contribution in [1.29, 1.82) is 0 Å². The first-order valence-corrected chi connectivity index (χ1v) is 6.17. The molecule has 1 nitrogen and oxygen atoms in total. The van der Waals surface area contributed by atoms with Crippen molar-refractivity contribution in [2.45, 2.75) is 4.90 Å². The van der Waals surface area contributed by atoms with Crippen molar-refractivity contribution >= 4 is 23.4 Å². The molecule has 2 rings (SSSR count). The van der Waals surface area contributed by atoms with E-state index in [1.807, 2.05) is 42.7 Å². The van der Waals surface area contributed by atoms with Crippen LogP contribution in [-0.4, -0.2) is 11.2 Å². The molecule has 0 atom stereocenters. The van der Waals surface area contributed by atoms with Gasteiger partial charge in [-0.1, -0.05) is 41.9 Å². The molecule has 2 aromatic rings. The van der Waals surface area contributed by atoms with Gasteiger partial charge < -0.3 is 0 Å². The molecular weight excluding hydrogens is 226 g/mol. The highest BCUT2D eigenvalue weighted by molar-refractivity contribution is 7.98. The fraction of sp³-hybridized carbons (Fsp3) is 0.0833. The lowest BCUT2D eigenvalue weighted by Gasteiger charge is -2.08. The maximum atomic E-state index is 6.12. The van der Waals surface area contributed by atoms with E-state index >= 15 is 0 Å². The predicted octanol–water partition coefficient (Wildman–Crippen LogP) is 4.12. The van der Waals surface area contributed by atoms with Crippen molar-refractivity contribution < 1.29 is 0 Å². The van der Waals surface area contributed by atoms with Crippen molar-refractivity contribution in [3.05, 3.63) is 47.7 Å². The maximum Gasteiger partial charge on any atom is 0.137 e. The molecule has 15 heavy (non-hydrogen) atoms. The summed E-state index contributed by atoms with van der Waals surface area (Å²) >= 11 is 7.80. The molecule has 76 valence electrons. The van der Waals surface area contributed by atoms with Gasteiger partial charge in [0.1, 0.15) is 5.15 Å². The van der Waals surface area contributed by atoms with Gasteiger partial charge in [0.2, 0.25) is 0 Å². The van der Waals surface area contributed by atoms with Crippen LogP contribution in [0.15, 0.2) is 47.5 Å². The van der Waals surface area contributed by atoms with E-state index in [0.717, 1.165) is 16.0 Å². The Labute approximate surface area is 98.5 Å². The van der Waals surface area contributed by atoms with Crippen molar-refractivity contribution in [2.24, 2.45) is 0 Å². The van der Waals surface area contributed by atoms with E-state index in [4.69, 9.17) is 11.6 Å². The van der Waals surface area contributed by atoms with Crippen molar-refractivity contribution in [3.63, 3.8) is 0 Å². The zero-order valence-electron chi connectivity index (χ0n) is 8.27. The number of benzene rings is 1. The fourth-order valence-corrected chi connectivity index (χ4v) is 2.40. The van der Waals surface area contributed by atoms with Gasteiger partial charge in [-0.25, -0.2) is 4.98 Å². The molecule has 0 aliphatic carbocycles. The zero-order chi connectivity index (χ0) is 10.7. The smallest absolute Gasteiger partial charge is 0.137 e. The van der Waals surface area contributed by atoms with Crippen molar-refractivity contribution in [2.75, 3.05) is 6.26 Å². The summed E-state index contributed by atoms with van der Waals surface area (Å²) in [6, 6.07) is 12.1. The second kappa shape index (κ2) is 4.69. The second-order valence-corrected chi connectivity index (χ2v) is 4.25. The maximum absolute atomic E-state index is 6.12. The summed E-state index contributed by atoms with van der Waals surface area (Å²) in [6.07, 6.45) is 3.78. The summed E-state index contributed by atoms with van der Waals surface area (Å²) in [5.41, 5.74) is 2.13. The van der Waals surface area contributed by atoms with E-state index < -0.39 is 0 Å². The van der Waals surface area contributed by atoms with Gasteiger partial charge in [-0.15, -0.1) is 11.8 Å². The third kappa shape index (κ3) is 2.16. The number of nitrogens with zero attached hydrogens (tertiary/aromatic N) is 1. The van der Waals surface area contributed by atoms with E-state index in [0.29, 0.717) is 5.15 Å². The van der Waals surface area contributed by atoms with Crippen LogP contribution < -0.4 is 0 Å². The van der Waals surface area contributed by atoms with E-state index in [9.17, 15) is 0 Å². The molecule has 0 saturated heterocycles. The molecule has 0 aliphatic heterocycles. The lowest BCUT2D eigenvalue weighted by molar-refractivity contribution is 1.27. The van der Waals surface area contributed by atoms with Crippen LogP contribution in [0.2, 0.25) is 5.15 Å². The first kappa shape index (κ1) is 10.5. The largest absolute Gasteiger partial charge is 0.244 e. The van der Waals surface area contributed by atoms with Crippen molar-refractivity contribution in [3.8, 4) is 11.1 Å². The molecule has 0 unspecified atom stereocenters. The lowest BCUT2D eigenvalue weighted by atomic mass is 10.1. The Morgan fingerprint density at radius 2 is 1.87 bits per heavy atom. The normalized spacial score (nSPS) is 10.3. The van der Waals surface area contributed by atoms with Crippen LogP contribution >= 0.6 is 23.4 Å². The van der Waals surface area contributed by atoms with Crippen LogP contribution in [0.5, 0.6) is 0 Å². The summed E-state index contributed by atoms with van der Waals surface area (Å²) in [6.45, 7) is 0. The van der Waals surface area contributed by atoms with E-state index in [-0.39, 0.29) is 0 Å². The number of rotatable bonds is 2. The molecule has 1 aromatic heterocycles. The number of halogens is 1. The first-order valence-electron chi connectivity index (χ1n) is 4.57. The van der Waals surface area contributed by atoms with Crippen LogP contribution in [0.25, 0.3) is 11.1 Å². The monoisotopic (exact) mass is 235 g/mol. The molecule has 1 heterocycles. The standard InChI is InChI=1S/C12H10ClNS/c1-15-10-7-8-14-12(13)11(10)9-5-3-2-4-6-9/h2-8H,1H3. The van der Waals surface area contributed by atoms with Crippen molar-refractivity contribution in [1.82, 2.24) is 4.98 Å². The summed E-state index contributed by atoms with van der Waals surface area (Å²) in [7, 11) is 0. The second-order valence-electron chi connectivity index (χ2n) is 3.05. The number of thioether (sulfide) groups is 1. The van der Waals surface area contributed by atoms with Gasteiger partial charge in [0, 0.05) is 16.7 Å². The molecule has 0 radical (unpaired) electrons. The number of pyridine rings is 1. The minimum absolute atomic E-state index is 0.563. The highest BCUT2D eigenvalue weighted by atomic mass is 35.5. The molecule has 0 bridgehead atoms. The third-order valence-corrected chi connectivity index (χ3v) is 3.22. The molecular formula is C12H10ClNS. The Balaban J connectivity index is 2.61. The molecule has 0 saturated carbocycles. The van der Waals surface area contributed by atoms with Crippen LogP contribution in [0, 0.1) is 0 Å². The predicted molar refractivity (Wildman–Crippen MR) is 66.5 cm³/mol. The van der Waals surface area contributed by atoms with Gasteiger partial charge in [0.25, 0.3) is 0 Å². The minimum Gasteiger partial charge on any atom is -0.244 e. The number of hydrogen-bond donors (Lipinski definition) is 0. The van der Waals surface area contributed by atoms with Crippen LogP contribution in [0.3, 0.4) is 0 Å². The Kier molecular flexibility index (Phi) is 3.29. The van der Waals surface area contributed by atoms with Gasteiger partial charge in [-0.3, -0.25) is 0 Å². The van der Waals surface area contributed by atoms with Crippen LogP contribution in [0.1, 0.15) is 0 Å². The Morgan fingerprint density at radius 3 is 2.53 bits per heavy atom.